The Balaban J connectivity index is 2.02. The van der Waals surface area contributed by atoms with E-state index in [0.29, 0.717) is 13.0 Å². The number of halogens is 1. The number of hydrogen-bond acceptors (Lipinski definition) is 2. The van der Waals surface area contributed by atoms with Gasteiger partial charge in [0.25, 0.3) is 0 Å². The van der Waals surface area contributed by atoms with Gasteiger partial charge in [-0.3, -0.25) is 4.79 Å². The second kappa shape index (κ2) is 4.53. The summed E-state index contributed by atoms with van der Waals surface area (Å²) in [4.78, 5) is 13.8. The maximum absolute atomic E-state index is 12.0. The average molecular weight is 246 g/mol. The fraction of sp³-hybridized carbons (Fsp3) is 0.917. The van der Waals surface area contributed by atoms with E-state index in [-0.39, 0.29) is 23.8 Å². The van der Waals surface area contributed by atoms with Crippen LogP contribution in [-0.4, -0.2) is 41.0 Å². The van der Waals surface area contributed by atoms with Gasteiger partial charge in [-0.25, -0.2) is 0 Å². The van der Waals surface area contributed by atoms with E-state index in [1.807, 2.05) is 11.8 Å². The maximum Gasteiger partial charge on any atom is 0.240 e. The number of aliphatic hydroxyl groups is 1. The highest BCUT2D eigenvalue weighted by atomic mass is 35.5. The van der Waals surface area contributed by atoms with Crippen LogP contribution in [0.3, 0.4) is 0 Å². The Morgan fingerprint density at radius 3 is 2.69 bits per heavy atom. The zero-order valence-corrected chi connectivity index (χ0v) is 10.5. The van der Waals surface area contributed by atoms with Crippen molar-refractivity contribution < 1.29 is 9.90 Å². The average Bonchev–Trinajstić information content (AvgIpc) is 2.66. The first-order chi connectivity index (χ1) is 7.63. The highest BCUT2D eigenvalue weighted by molar-refractivity contribution is 6.30. The standard InChI is InChI=1S/C12H20ClNO2/c1-2-10(13)11(16)14-6-9(7-15)12(8-14)4-3-5-12/h9-10,15H,2-8H2,1H3/t9-,10+/m0/s1. The molecule has 92 valence electrons. The number of hydrogen-bond donors (Lipinski definition) is 1. The van der Waals surface area contributed by atoms with Crippen molar-refractivity contribution in [3.05, 3.63) is 0 Å². The smallest absolute Gasteiger partial charge is 0.240 e. The fourth-order valence-electron chi connectivity index (χ4n) is 3.02. The Labute approximate surface area is 102 Å². The quantitative estimate of drug-likeness (QED) is 0.768. The van der Waals surface area contributed by atoms with E-state index in [1.54, 1.807) is 0 Å². The van der Waals surface area contributed by atoms with Gasteiger partial charge in [0.2, 0.25) is 5.91 Å². The summed E-state index contributed by atoms with van der Waals surface area (Å²) in [5.41, 5.74) is 0.217. The van der Waals surface area contributed by atoms with Crippen molar-refractivity contribution in [3.63, 3.8) is 0 Å². The summed E-state index contributed by atoms with van der Waals surface area (Å²) in [6.45, 7) is 3.62. The van der Waals surface area contributed by atoms with Gasteiger partial charge in [-0.1, -0.05) is 13.3 Å². The van der Waals surface area contributed by atoms with E-state index in [2.05, 4.69) is 0 Å². The van der Waals surface area contributed by atoms with Gasteiger partial charge >= 0.3 is 0 Å². The van der Waals surface area contributed by atoms with Crippen molar-refractivity contribution in [3.8, 4) is 0 Å². The van der Waals surface area contributed by atoms with Crippen LogP contribution in [0.5, 0.6) is 0 Å². The lowest BCUT2D eigenvalue weighted by atomic mass is 9.63. The van der Waals surface area contributed by atoms with Crippen LogP contribution in [0.4, 0.5) is 0 Å². The predicted octanol–water partition coefficient (Wildman–Crippen LogP) is 1.62. The maximum atomic E-state index is 12.0. The van der Waals surface area contributed by atoms with Crippen molar-refractivity contribution in [1.82, 2.24) is 4.90 Å². The van der Waals surface area contributed by atoms with Crippen LogP contribution in [0.15, 0.2) is 0 Å². The van der Waals surface area contributed by atoms with E-state index in [0.717, 1.165) is 19.4 Å². The van der Waals surface area contributed by atoms with Crippen LogP contribution in [0.25, 0.3) is 0 Å². The molecule has 1 saturated heterocycles. The van der Waals surface area contributed by atoms with Crippen LogP contribution in [0, 0.1) is 11.3 Å². The van der Waals surface area contributed by atoms with Crippen LogP contribution in [-0.2, 0) is 4.79 Å². The molecule has 1 saturated carbocycles. The highest BCUT2D eigenvalue weighted by Crippen LogP contribution is 2.51. The predicted molar refractivity (Wildman–Crippen MR) is 63.4 cm³/mol. The Morgan fingerprint density at radius 2 is 2.31 bits per heavy atom. The van der Waals surface area contributed by atoms with Crippen molar-refractivity contribution in [2.75, 3.05) is 19.7 Å². The lowest BCUT2D eigenvalue weighted by Gasteiger charge is -2.42. The monoisotopic (exact) mass is 245 g/mol. The summed E-state index contributed by atoms with van der Waals surface area (Å²) in [5.74, 6) is 0.317. The SMILES string of the molecule is CC[C@@H](Cl)C(=O)N1C[C@@H](CO)C2(CCC2)C1. The van der Waals surface area contributed by atoms with Crippen LogP contribution in [0.2, 0.25) is 0 Å². The number of nitrogens with zero attached hydrogens (tertiary/aromatic N) is 1. The number of amides is 1. The van der Waals surface area contributed by atoms with Gasteiger partial charge in [-0.15, -0.1) is 11.6 Å². The Hall–Kier alpha value is -0.280. The minimum absolute atomic E-state index is 0.0476. The normalized spacial score (nSPS) is 29.2. The molecular formula is C12H20ClNO2. The second-order valence-corrected chi connectivity index (χ2v) is 5.72. The number of rotatable bonds is 3. The van der Waals surface area contributed by atoms with Crippen LogP contribution in [0.1, 0.15) is 32.6 Å². The van der Waals surface area contributed by atoms with Gasteiger partial charge in [0.1, 0.15) is 5.38 Å². The molecule has 2 atom stereocenters. The topological polar surface area (TPSA) is 40.5 Å². The minimum Gasteiger partial charge on any atom is -0.396 e. The van der Waals surface area contributed by atoms with E-state index in [1.165, 1.54) is 6.42 Å². The molecule has 1 heterocycles. The molecule has 1 aliphatic carbocycles. The molecule has 1 amide bonds. The molecule has 2 fully saturated rings. The highest BCUT2D eigenvalue weighted by Gasteiger charge is 2.51. The molecule has 2 aliphatic rings. The number of aliphatic hydroxyl groups excluding tert-OH is 1. The molecule has 0 aromatic carbocycles. The molecule has 1 spiro atoms. The first kappa shape index (κ1) is 12.2. The van der Waals surface area contributed by atoms with E-state index < -0.39 is 5.38 Å². The summed E-state index contributed by atoms with van der Waals surface area (Å²) < 4.78 is 0. The molecule has 0 bridgehead atoms. The molecule has 1 aliphatic heterocycles. The third-order valence-electron chi connectivity index (χ3n) is 4.32. The van der Waals surface area contributed by atoms with Gasteiger partial charge < -0.3 is 10.0 Å². The molecule has 16 heavy (non-hydrogen) atoms. The molecule has 0 aromatic heterocycles. The van der Waals surface area contributed by atoms with E-state index >= 15 is 0 Å². The molecule has 0 aromatic rings. The van der Waals surface area contributed by atoms with Crippen LogP contribution >= 0.6 is 11.6 Å². The zero-order chi connectivity index (χ0) is 11.8. The zero-order valence-electron chi connectivity index (χ0n) is 9.79. The lowest BCUT2D eigenvalue weighted by molar-refractivity contribution is -0.130. The Kier molecular flexibility index (Phi) is 3.45. The molecule has 3 nitrogen and oxygen atoms in total. The van der Waals surface area contributed by atoms with E-state index in [4.69, 9.17) is 11.6 Å². The molecule has 4 heteroatoms. The number of likely N-dealkylation sites (tertiary alicyclic amines) is 1. The van der Waals surface area contributed by atoms with Gasteiger partial charge in [-0.05, 0) is 24.7 Å². The molecule has 1 N–H and O–H groups in total. The van der Waals surface area contributed by atoms with Crippen molar-refractivity contribution in [2.45, 2.75) is 38.0 Å². The summed E-state index contributed by atoms with van der Waals surface area (Å²) in [5, 5.41) is 9.00. The van der Waals surface area contributed by atoms with Gasteiger partial charge in [0.15, 0.2) is 0 Å². The third kappa shape index (κ3) is 1.84. The van der Waals surface area contributed by atoms with Gasteiger partial charge in [0.05, 0.1) is 0 Å². The second-order valence-electron chi connectivity index (χ2n) is 5.19. The van der Waals surface area contributed by atoms with E-state index in [9.17, 15) is 9.90 Å². The number of alkyl halides is 1. The summed E-state index contributed by atoms with van der Waals surface area (Å²) >= 11 is 5.99. The molecular weight excluding hydrogens is 226 g/mol. The van der Waals surface area contributed by atoms with Crippen molar-refractivity contribution in [1.29, 1.82) is 0 Å². The first-order valence-corrected chi connectivity index (χ1v) is 6.60. The van der Waals surface area contributed by atoms with Crippen LogP contribution < -0.4 is 0 Å². The summed E-state index contributed by atoms with van der Waals surface area (Å²) in [6, 6.07) is 0. The number of carbonyl (C=O) groups excluding carboxylic acids is 1. The molecule has 0 unspecified atom stereocenters. The van der Waals surface area contributed by atoms with Gasteiger partial charge in [-0.2, -0.15) is 0 Å². The lowest BCUT2D eigenvalue weighted by Crippen LogP contribution is -2.40. The largest absolute Gasteiger partial charge is 0.396 e. The Morgan fingerprint density at radius 1 is 1.62 bits per heavy atom. The number of carbonyl (C=O) groups is 1. The van der Waals surface area contributed by atoms with Crippen molar-refractivity contribution >= 4 is 17.5 Å². The summed E-state index contributed by atoms with van der Waals surface area (Å²) in [6.07, 6.45) is 4.21. The summed E-state index contributed by atoms with van der Waals surface area (Å²) in [7, 11) is 0. The minimum atomic E-state index is -0.394. The van der Waals surface area contributed by atoms with Gasteiger partial charge in [0, 0.05) is 25.6 Å². The Bertz CT molecular complexity index is 278. The molecule has 0 radical (unpaired) electrons. The first-order valence-electron chi connectivity index (χ1n) is 6.16. The van der Waals surface area contributed by atoms with Crippen molar-refractivity contribution in [2.24, 2.45) is 11.3 Å². The third-order valence-corrected chi connectivity index (χ3v) is 4.82. The molecule has 2 rings (SSSR count). The fourth-order valence-corrected chi connectivity index (χ4v) is 3.16.